The van der Waals surface area contributed by atoms with Crippen LogP contribution >= 0.6 is 0 Å². The van der Waals surface area contributed by atoms with Crippen LogP contribution in [-0.4, -0.2) is 49.3 Å². The van der Waals surface area contributed by atoms with Crippen LogP contribution in [-0.2, 0) is 16.0 Å². The largest absolute Gasteiger partial charge is 0.497 e. The minimum Gasteiger partial charge on any atom is -0.497 e. The molecule has 232 valence electrons. The predicted molar refractivity (Wildman–Crippen MR) is 173 cm³/mol. The van der Waals surface area contributed by atoms with Gasteiger partial charge in [-0.3, -0.25) is 4.79 Å². The van der Waals surface area contributed by atoms with E-state index < -0.39 is 11.6 Å². The van der Waals surface area contributed by atoms with Crippen molar-refractivity contribution in [1.82, 2.24) is 5.32 Å². The van der Waals surface area contributed by atoms with Crippen molar-refractivity contribution in [3.63, 3.8) is 0 Å². The minimum absolute atomic E-state index is 0.0531. The van der Waals surface area contributed by atoms with E-state index in [1.54, 1.807) is 25.3 Å². The predicted octanol–water partition coefficient (Wildman–Crippen LogP) is 6.31. The zero-order valence-corrected chi connectivity index (χ0v) is 25.2. The van der Waals surface area contributed by atoms with Crippen molar-refractivity contribution in [2.24, 2.45) is 4.99 Å². The molecule has 0 aliphatic carbocycles. The van der Waals surface area contributed by atoms with Gasteiger partial charge >= 0.3 is 0 Å². The fourth-order valence-electron chi connectivity index (χ4n) is 5.22. The van der Waals surface area contributed by atoms with Crippen molar-refractivity contribution in [3.05, 3.63) is 137 Å². The van der Waals surface area contributed by atoms with E-state index in [-0.39, 0.29) is 31.3 Å². The molecule has 0 saturated heterocycles. The van der Waals surface area contributed by atoms with Gasteiger partial charge in [0.25, 0.3) is 5.91 Å². The van der Waals surface area contributed by atoms with E-state index in [1.807, 2.05) is 91.0 Å². The molecule has 8 heteroatoms. The fraction of sp³-hybridized carbons (Fsp3) is 0.243. The van der Waals surface area contributed by atoms with Gasteiger partial charge in [0.1, 0.15) is 17.3 Å². The highest BCUT2D eigenvalue weighted by atomic mass is 19.1. The Bertz CT molecular complexity index is 1620. The van der Waals surface area contributed by atoms with E-state index in [0.717, 1.165) is 11.1 Å². The van der Waals surface area contributed by atoms with Gasteiger partial charge in [0.2, 0.25) is 5.90 Å². The molecule has 7 nitrogen and oxygen atoms in total. The van der Waals surface area contributed by atoms with Crippen LogP contribution in [0.2, 0.25) is 0 Å². The molecular weight excluding hydrogens is 571 g/mol. The Morgan fingerprint density at radius 3 is 2.53 bits per heavy atom. The lowest BCUT2D eigenvalue weighted by molar-refractivity contribution is -0.128. The number of aliphatic hydroxyl groups excluding tert-OH is 1. The summed E-state index contributed by atoms with van der Waals surface area (Å²) in [6, 6.07) is 31.1. The molecule has 0 unspecified atom stereocenters. The van der Waals surface area contributed by atoms with Crippen LogP contribution < -0.4 is 14.8 Å². The van der Waals surface area contributed by atoms with Crippen molar-refractivity contribution in [2.45, 2.75) is 30.9 Å². The Hall–Kier alpha value is -4.95. The van der Waals surface area contributed by atoms with Gasteiger partial charge in [0.05, 0.1) is 13.7 Å². The van der Waals surface area contributed by atoms with Crippen LogP contribution in [0.15, 0.2) is 114 Å². The van der Waals surface area contributed by atoms with Crippen LogP contribution in [0, 0.1) is 5.82 Å². The molecule has 0 saturated carbocycles. The quantitative estimate of drug-likeness (QED) is 0.164. The number of ether oxygens (including phenoxy) is 3. The summed E-state index contributed by atoms with van der Waals surface area (Å²) in [7, 11) is 1.59. The number of amides is 1. The van der Waals surface area contributed by atoms with Gasteiger partial charge in [-0.2, -0.15) is 0 Å². The van der Waals surface area contributed by atoms with Crippen molar-refractivity contribution in [2.75, 3.05) is 26.9 Å². The monoisotopic (exact) mass is 608 g/mol. The Labute approximate surface area is 263 Å². The van der Waals surface area contributed by atoms with Crippen LogP contribution in [0.3, 0.4) is 0 Å². The zero-order valence-electron chi connectivity index (χ0n) is 25.2. The number of benzene rings is 4. The molecule has 0 spiro atoms. The molecule has 1 heterocycles. The van der Waals surface area contributed by atoms with E-state index in [2.05, 4.69) is 5.32 Å². The van der Waals surface area contributed by atoms with Gasteiger partial charge < -0.3 is 24.6 Å². The molecular formula is C37H37FN2O5. The average Bonchev–Trinajstić information content (AvgIpc) is 3.47. The topological polar surface area (TPSA) is 89.4 Å². The minimum atomic E-state index is -1.38. The lowest BCUT2D eigenvalue weighted by Crippen LogP contribution is -2.48. The Morgan fingerprint density at radius 1 is 1.00 bits per heavy atom. The summed E-state index contributed by atoms with van der Waals surface area (Å²) >= 11 is 0. The van der Waals surface area contributed by atoms with Gasteiger partial charge in [0.15, 0.2) is 11.6 Å². The Kier molecular flexibility index (Phi) is 10.6. The normalized spacial score (nSPS) is 17.5. The number of carbonyl (C=O) groups excluding carboxylic acids is 1. The fourth-order valence-corrected chi connectivity index (χ4v) is 5.22. The van der Waals surface area contributed by atoms with Crippen molar-refractivity contribution in [1.29, 1.82) is 0 Å². The first-order valence-corrected chi connectivity index (χ1v) is 15.0. The second-order valence-electron chi connectivity index (χ2n) is 10.7. The maximum absolute atomic E-state index is 14.3. The van der Waals surface area contributed by atoms with Gasteiger partial charge in [-0.25, -0.2) is 9.38 Å². The number of halogens is 1. The highest BCUT2D eigenvalue weighted by molar-refractivity contribution is 6.01. The second kappa shape index (κ2) is 15.2. The molecule has 0 aromatic heterocycles. The van der Waals surface area contributed by atoms with Crippen molar-refractivity contribution in [3.8, 4) is 11.5 Å². The molecule has 5 rings (SSSR count). The first-order chi connectivity index (χ1) is 22.0. The third-order valence-electron chi connectivity index (χ3n) is 7.60. The molecule has 1 aliphatic heterocycles. The maximum Gasteiger partial charge on any atom is 0.252 e. The standard InChI is InChI=1S/C37H37FN2O5/c1-43-32-15-7-14-30(26-32)34-37(22-8-12-27-10-3-2-4-11-27,36(42)39-23-21-28-13-5-6-16-33(28)38)40-35(45-34)29-17-19-31(20-18-29)44-25-9-24-41/h2-8,10-20,26,34,41H,9,21-25H2,1H3,(H,39,42)/b12-8+/t34-,37-/m1/s1. The molecule has 1 aliphatic rings. The van der Waals surface area contributed by atoms with E-state index in [0.29, 0.717) is 48.0 Å². The van der Waals surface area contributed by atoms with Gasteiger partial charge in [0, 0.05) is 31.6 Å². The number of carbonyl (C=O) groups is 1. The van der Waals surface area contributed by atoms with Crippen LogP contribution in [0.4, 0.5) is 4.39 Å². The Morgan fingerprint density at radius 2 is 1.78 bits per heavy atom. The van der Waals surface area contributed by atoms with Gasteiger partial charge in [-0.05, 0) is 65.6 Å². The first kappa shape index (κ1) is 31.5. The summed E-state index contributed by atoms with van der Waals surface area (Å²) in [6.45, 7) is 0.673. The molecule has 1 amide bonds. The SMILES string of the molecule is COc1cccc([C@H]2OC(c3ccc(OCCCO)cc3)=N[C@@]2(C/C=C/c2ccccc2)C(=O)NCCc2ccccc2F)c1. The summed E-state index contributed by atoms with van der Waals surface area (Å²) in [4.78, 5) is 19.3. The average molecular weight is 609 g/mol. The third-order valence-corrected chi connectivity index (χ3v) is 7.60. The summed E-state index contributed by atoms with van der Waals surface area (Å²) in [5.41, 5.74) is 1.55. The number of nitrogens with zero attached hydrogens (tertiary/aromatic N) is 1. The zero-order chi connectivity index (χ0) is 31.5. The number of aliphatic imine (C=N–C) groups is 1. The van der Waals surface area contributed by atoms with E-state index in [9.17, 15) is 9.18 Å². The van der Waals surface area contributed by atoms with Crippen molar-refractivity contribution >= 4 is 17.9 Å². The van der Waals surface area contributed by atoms with Crippen LogP contribution in [0.1, 0.15) is 41.2 Å². The van der Waals surface area contributed by atoms with Crippen LogP contribution in [0.5, 0.6) is 11.5 Å². The summed E-state index contributed by atoms with van der Waals surface area (Å²) < 4.78 is 32.1. The number of rotatable bonds is 14. The second-order valence-corrected chi connectivity index (χ2v) is 10.7. The summed E-state index contributed by atoms with van der Waals surface area (Å²) in [5.74, 6) is 0.959. The number of methoxy groups -OCH3 is 1. The van der Waals surface area contributed by atoms with E-state index in [1.165, 1.54) is 6.07 Å². The number of nitrogens with one attached hydrogen (secondary N) is 1. The third kappa shape index (κ3) is 7.77. The first-order valence-electron chi connectivity index (χ1n) is 15.0. The number of hydrogen-bond acceptors (Lipinski definition) is 6. The number of aliphatic hydroxyl groups is 1. The van der Waals surface area contributed by atoms with Crippen LogP contribution in [0.25, 0.3) is 6.08 Å². The molecule has 4 aromatic rings. The van der Waals surface area contributed by atoms with Gasteiger partial charge in [-0.15, -0.1) is 0 Å². The van der Waals surface area contributed by atoms with E-state index in [4.69, 9.17) is 24.3 Å². The highest BCUT2D eigenvalue weighted by Crippen LogP contribution is 2.43. The molecule has 0 fully saturated rings. The Balaban J connectivity index is 1.51. The lowest BCUT2D eigenvalue weighted by atomic mass is 9.84. The molecule has 0 bridgehead atoms. The molecule has 4 aromatic carbocycles. The summed E-state index contributed by atoms with van der Waals surface area (Å²) in [6.07, 6.45) is 4.21. The van der Waals surface area contributed by atoms with E-state index >= 15 is 0 Å². The molecule has 2 atom stereocenters. The van der Waals surface area contributed by atoms with Gasteiger partial charge in [-0.1, -0.05) is 72.8 Å². The maximum atomic E-state index is 14.3. The van der Waals surface area contributed by atoms with Crippen molar-refractivity contribution < 1.29 is 28.5 Å². The highest BCUT2D eigenvalue weighted by Gasteiger charge is 2.52. The lowest BCUT2D eigenvalue weighted by Gasteiger charge is -2.30. The molecule has 0 radical (unpaired) electrons. The molecule has 2 N–H and O–H groups in total. The molecule has 45 heavy (non-hydrogen) atoms. The number of hydrogen-bond donors (Lipinski definition) is 2. The summed E-state index contributed by atoms with van der Waals surface area (Å²) in [5, 5.41) is 12.1. The smallest absolute Gasteiger partial charge is 0.252 e.